The predicted octanol–water partition coefficient (Wildman–Crippen LogP) is 0.209. The summed E-state index contributed by atoms with van der Waals surface area (Å²) in [5.74, 6) is -0.843. The third kappa shape index (κ3) is 3.25. The largest absolute Gasteiger partial charge is 0.481 e. The molecule has 0 unspecified atom stereocenters. The Labute approximate surface area is 131 Å². The van der Waals surface area contributed by atoms with Crippen molar-refractivity contribution in [3.05, 3.63) is 34.9 Å². The number of carboxylic acids is 1. The molecule has 1 N–H and O–H groups in total. The third-order valence-electron chi connectivity index (χ3n) is 4.20. The van der Waals surface area contributed by atoms with E-state index in [1.807, 2.05) is 0 Å². The van der Waals surface area contributed by atoms with Crippen molar-refractivity contribution in [2.75, 3.05) is 13.1 Å². The molecular formula is C15H18N4O4. The highest BCUT2D eigenvalue weighted by Gasteiger charge is 2.25. The Balaban J connectivity index is 1.64. The van der Waals surface area contributed by atoms with Crippen LogP contribution >= 0.6 is 0 Å². The summed E-state index contributed by atoms with van der Waals surface area (Å²) in [4.78, 5) is 36.9. The van der Waals surface area contributed by atoms with Crippen LogP contribution in [0.25, 0.3) is 5.65 Å². The normalized spacial score (nSPS) is 15.9. The minimum atomic E-state index is -0.800. The fraction of sp³-hybridized carbons (Fsp3) is 0.467. The number of likely N-dealkylation sites (tertiary alicyclic amines) is 1. The van der Waals surface area contributed by atoms with Gasteiger partial charge in [-0.1, -0.05) is 6.07 Å². The standard InChI is InChI=1S/C15H18N4O4/c20-13(17-7-4-11(5-8-17)9-14(21)22)10-19-15(23)18-6-2-1-3-12(18)16-19/h1-3,6,11H,4-5,7-10H2,(H,21,22). The number of aromatic nitrogens is 3. The van der Waals surface area contributed by atoms with Crippen molar-refractivity contribution in [1.29, 1.82) is 0 Å². The molecule has 0 atom stereocenters. The van der Waals surface area contributed by atoms with E-state index >= 15 is 0 Å². The fourth-order valence-corrected chi connectivity index (χ4v) is 2.93. The lowest BCUT2D eigenvalue weighted by atomic mass is 9.93. The molecule has 3 rings (SSSR count). The first-order valence-corrected chi connectivity index (χ1v) is 7.58. The van der Waals surface area contributed by atoms with Gasteiger partial charge in [0.25, 0.3) is 0 Å². The van der Waals surface area contributed by atoms with Crippen molar-refractivity contribution < 1.29 is 14.7 Å². The molecule has 2 aromatic rings. The number of fused-ring (bicyclic) bond motifs is 1. The number of amides is 1. The molecule has 1 aliphatic rings. The van der Waals surface area contributed by atoms with E-state index in [0.29, 0.717) is 31.6 Å². The molecule has 8 nitrogen and oxygen atoms in total. The van der Waals surface area contributed by atoms with Crippen LogP contribution in [0.2, 0.25) is 0 Å². The number of rotatable bonds is 4. The molecule has 2 aromatic heterocycles. The van der Waals surface area contributed by atoms with Crippen LogP contribution in [-0.2, 0) is 16.1 Å². The van der Waals surface area contributed by atoms with Gasteiger partial charge in [0, 0.05) is 25.7 Å². The van der Waals surface area contributed by atoms with Crippen LogP contribution in [0.5, 0.6) is 0 Å². The number of carboxylic acid groups (broad SMARTS) is 1. The first-order chi connectivity index (χ1) is 11.0. The summed E-state index contributed by atoms with van der Waals surface area (Å²) in [6, 6.07) is 5.22. The second-order valence-corrected chi connectivity index (χ2v) is 5.79. The number of pyridine rings is 1. The second-order valence-electron chi connectivity index (χ2n) is 5.79. The number of nitrogens with zero attached hydrogens (tertiary/aromatic N) is 4. The highest BCUT2D eigenvalue weighted by Crippen LogP contribution is 2.20. The van der Waals surface area contributed by atoms with Gasteiger partial charge >= 0.3 is 11.7 Å². The highest BCUT2D eigenvalue weighted by molar-refractivity contribution is 5.76. The van der Waals surface area contributed by atoms with E-state index in [0.717, 1.165) is 0 Å². The number of aliphatic carboxylic acids is 1. The van der Waals surface area contributed by atoms with Crippen LogP contribution in [-0.4, -0.2) is 49.2 Å². The van der Waals surface area contributed by atoms with Crippen LogP contribution in [0.1, 0.15) is 19.3 Å². The minimum absolute atomic E-state index is 0.0931. The van der Waals surface area contributed by atoms with E-state index < -0.39 is 5.97 Å². The van der Waals surface area contributed by atoms with E-state index in [1.165, 1.54) is 9.08 Å². The zero-order valence-electron chi connectivity index (χ0n) is 12.6. The van der Waals surface area contributed by atoms with Gasteiger partial charge in [-0.05, 0) is 30.9 Å². The molecule has 0 spiro atoms. The highest BCUT2D eigenvalue weighted by atomic mass is 16.4. The number of carbonyl (C=O) groups excluding carboxylic acids is 1. The average Bonchev–Trinajstić information content (AvgIpc) is 2.84. The molecule has 1 fully saturated rings. The Hall–Kier alpha value is -2.64. The Kier molecular flexibility index (Phi) is 4.14. The van der Waals surface area contributed by atoms with E-state index in [2.05, 4.69) is 5.10 Å². The van der Waals surface area contributed by atoms with Gasteiger partial charge in [-0.3, -0.25) is 14.0 Å². The summed E-state index contributed by atoms with van der Waals surface area (Å²) in [5.41, 5.74) is 0.167. The molecule has 23 heavy (non-hydrogen) atoms. The number of hydrogen-bond acceptors (Lipinski definition) is 4. The summed E-state index contributed by atoms with van der Waals surface area (Å²) in [5, 5.41) is 12.9. The molecule has 0 radical (unpaired) electrons. The Morgan fingerprint density at radius 2 is 2.00 bits per heavy atom. The van der Waals surface area contributed by atoms with Gasteiger partial charge in [0.15, 0.2) is 5.65 Å². The SMILES string of the molecule is O=C(O)CC1CCN(C(=O)Cn2nc3ccccn3c2=O)CC1. The van der Waals surface area contributed by atoms with E-state index in [-0.39, 0.29) is 30.5 Å². The van der Waals surface area contributed by atoms with Crippen molar-refractivity contribution in [1.82, 2.24) is 19.1 Å². The summed E-state index contributed by atoms with van der Waals surface area (Å²) in [6.45, 7) is 0.960. The van der Waals surface area contributed by atoms with Crippen LogP contribution < -0.4 is 5.69 Å². The van der Waals surface area contributed by atoms with Gasteiger partial charge in [0.05, 0.1) is 0 Å². The maximum atomic E-state index is 12.3. The van der Waals surface area contributed by atoms with Gasteiger partial charge in [-0.25, -0.2) is 9.48 Å². The zero-order chi connectivity index (χ0) is 16.4. The van der Waals surface area contributed by atoms with E-state index in [4.69, 9.17) is 5.11 Å². The third-order valence-corrected chi connectivity index (χ3v) is 4.20. The summed E-state index contributed by atoms with van der Waals surface area (Å²) in [7, 11) is 0. The zero-order valence-corrected chi connectivity index (χ0v) is 12.6. The predicted molar refractivity (Wildman–Crippen MR) is 81.0 cm³/mol. The maximum absolute atomic E-state index is 12.3. The topological polar surface area (TPSA) is 96.9 Å². The monoisotopic (exact) mass is 318 g/mol. The Bertz CT molecular complexity index is 786. The summed E-state index contributed by atoms with van der Waals surface area (Å²) < 4.78 is 2.56. The van der Waals surface area contributed by atoms with Crippen molar-refractivity contribution in [2.45, 2.75) is 25.8 Å². The van der Waals surface area contributed by atoms with Crippen molar-refractivity contribution in [3.8, 4) is 0 Å². The smallest absolute Gasteiger partial charge is 0.350 e. The van der Waals surface area contributed by atoms with E-state index in [1.54, 1.807) is 29.3 Å². The molecule has 0 aliphatic carbocycles. The van der Waals surface area contributed by atoms with E-state index in [9.17, 15) is 14.4 Å². The van der Waals surface area contributed by atoms with Crippen molar-refractivity contribution in [2.24, 2.45) is 5.92 Å². The van der Waals surface area contributed by atoms with Crippen molar-refractivity contribution in [3.63, 3.8) is 0 Å². The fourth-order valence-electron chi connectivity index (χ4n) is 2.93. The number of hydrogen-bond donors (Lipinski definition) is 1. The van der Waals surface area contributed by atoms with Crippen LogP contribution in [0, 0.1) is 5.92 Å². The number of piperidine rings is 1. The van der Waals surface area contributed by atoms with Gasteiger partial charge in [-0.15, -0.1) is 5.10 Å². The lowest BCUT2D eigenvalue weighted by molar-refractivity contribution is -0.138. The molecule has 3 heterocycles. The first-order valence-electron chi connectivity index (χ1n) is 7.58. The van der Waals surface area contributed by atoms with Crippen LogP contribution in [0.15, 0.2) is 29.2 Å². The molecule has 0 aromatic carbocycles. The maximum Gasteiger partial charge on any atom is 0.350 e. The second kappa shape index (κ2) is 6.23. The molecule has 0 bridgehead atoms. The molecular weight excluding hydrogens is 300 g/mol. The number of carbonyl (C=O) groups is 2. The van der Waals surface area contributed by atoms with Crippen LogP contribution in [0.3, 0.4) is 0 Å². The Morgan fingerprint density at radius 1 is 1.26 bits per heavy atom. The minimum Gasteiger partial charge on any atom is -0.481 e. The van der Waals surface area contributed by atoms with Gasteiger partial charge in [0.2, 0.25) is 5.91 Å². The quantitative estimate of drug-likeness (QED) is 0.869. The van der Waals surface area contributed by atoms with Crippen LogP contribution in [0.4, 0.5) is 0 Å². The average molecular weight is 318 g/mol. The lowest BCUT2D eigenvalue weighted by Crippen LogP contribution is -2.42. The van der Waals surface area contributed by atoms with Gasteiger partial charge < -0.3 is 10.0 Å². The Morgan fingerprint density at radius 3 is 2.65 bits per heavy atom. The molecule has 8 heteroatoms. The molecule has 0 saturated carbocycles. The molecule has 1 saturated heterocycles. The summed E-state index contributed by atoms with van der Waals surface area (Å²) in [6.07, 6.45) is 3.12. The molecule has 122 valence electrons. The molecule has 1 amide bonds. The van der Waals surface area contributed by atoms with Gasteiger partial charge in [0.1, 0.15) is 6.54 Å². The first kappa shape index (κ1) is 15.3. The van der Waals surface area contributed by atoms with Crippen molar-refractivity contribution >= 4 is 17.5 Å². The summed E-state index contributed by atoms with van der Waals surface area (Å²) >= 11 is 0. The van der Waals surface area contributed by atoms with Gasteiger partial charge in [-0.2, -0.15) is 0 Å². The molecule has 1 aliphatic heterocycles. The lowest BCUT2D eigenvalue weighted by Gasteiger charge is -2.31.